The number of hydrogen-bond donors (Lipinski definition) is 2. The lowest BCUT2D eigenvalue weighted by molar-refractivity contribution is -0.156. The molecule has 3 atom stereocenters. The fourth-order valence-electron chi connectivity index (χ4n) is 5.92. The maximum Gasteiger partial charge on any atom is 0.226 e. The molecular formula is C17H30N2O. The fraction of sp³-hybridized carbons (Fsp3) is 0.941. The summed E-state index contributed by atoms with van der Waals surface area (Å²) in [6.07, 6.45) is 9.55. The molecule has 4 aliphatic carbocycles. The van der Waals surface area contributed by atoms with Crippen LogP contribution < -0.4 is 11.1 Å². The van der Waals surface area contributed by atoms with Crippen molar-refractivity contribution in [2.45, 2.75) is 71.3 Å². The van der Waals surface area contributed by atoms with Crippen LogP contribution in [-0.2, 0) is 4.79 Å². The van der Waals surface area contributed by atoms with Gasteiger partial charge in [-0.15, -0.1) is 0 Å². The van der Waals surface area contributed by atoms with Crippen molar-refractivity contribution in [1.82, 2.24) is 5.32 Å². The van der Waals surface area contributed by atoms with E-state index < -0.39 is 0 Å². The third-order valence-electron chi connectivity index (χ3n) is 6.09. The molecule has 4 aliphatic rings. The van der Waals surface area contributed by atoms with Gasteiger partial charge in [0, 0.05) is 12.6 Å². The quantitative estimate of drug-likeness (QED) is 0.812. The SMILES string of the molecule is CCCC(CN)NC(=O)C12CC3CC(CC(C)(C3)C1)C2. The van der Waals surface area contributed by atoms with Crippen molar-refractivity contribution >= 4 is 5.91 Å². The molecule has 4 saturated carbocycles. The van der Waals surface area contributed by atoms with Gasteiger partial charge in [0.25, 0.3) is 0 Å². The summed E-state index contributed by atoms with van der Waals surface area (Å²) in [4.78, 5) is 12.9. The minimum Gasteiger partial charge on any atom is -0.352 e. The van der Waals surface area contributed by atoms with Gasteiger partial charge in [0.2, 0.25) is 5.91 Å². The van der Waals surface area contributed by atoms with Crippen LogP contribution in [-0.4, -0.2) is 18.5 Å². The van der Waals surface area contributed by atoms with Crippen LogP contribution in [0.2, 0.25) is 0 Å². The summed E-state index contributed by atoms with van der Waals surface area (Å²) in [6.45, 7) is 5.14. The normalized spacial score (nSPS) is 43.5. The first-order chi connectivity index (χ1) is 9.48. The maximum absolute atomic E-state index is 12.9. The number of carbonyl (C=O) groups excluding carboxylic acids is 1. The van der Waals surface area contributed by atoms with E-state index in [0.29, 0.717) is 17.9 Å². The molecule has 3 N–H and O–H groups in total. The molecule has 20 heavy (non-hydrogen) atoms. The second-order valence-electron chi connectivity index (χ2n) is 8.25. The second kappa shape index (κ2) is 5.01. The van der Waals surface area contributed by atoms with Crippen LogP contribution in [0.25, 0.3) is 0 Å². The standard InChI is InChI=1S/C17H30N2O/c1-3-4-14(10-18)19-15(20)17-8-12-5-13(9-17)7-16(2,6-12)11-17/h12-14H,3-11,18H2,1-2H3,(H,19,20). The van der Waals surface area contributed by atoms with Crippen LogP contribution in [0.5, 0.6) is 0 Å². The third kappa shape index (κ3) is 2.38. The van der Waals surface area contributed by atoms with Crippen LogP contribution in [0.3, 0.4) is 0 Å². The van der Waals surface area contributed by atoms with Gasteiger partial charge in [-0.25, -0.2) is 0 Å². The van der Waals surface area contributed by atoms with Crippen LogP contribution in [0.4, 0.5) is 0 Å². The summed E-state index contributed by atoms with van der Waals surface area (Å²) in [6, 6.07) is 0.174. The van der Waals surface area contributed by atoms with E-state index in [1.807, 2.05) is 0 Å². The topological polar surface area (TPSA) is 55.1 Å². The summed E-state index contributed by atoms with van der Waals surface area (Å²) in [7, 11) is 0. The number of hydrogen-bond acceptors (Lipinski definition) is 2. The van der Waals surface area contributed by atoms with E-state index in [4.69, 9.17) is 5.73 Å². The molecule has 0 spiro atoms. The molecule has 0 aliphatic heterocycles. The van der Waals surface area contributed by atoms with E-state index in [9.17, 15) is 4.79 Å². The lowest BCUT2D eigenvalue weighted by atomic mass is 9.44. The first-order valence-electron chi connectivity index (χ1n) is 8.50. The molecule has 0 aromatic rings. The number of carbonyl (C=O) groups is 1. The van der Waals surface area contributed by atoms with Crippen molar-refractivity contribution in [3.8, 4) is 0 Å². The van der Waals surface area contributed by atoms with Crippen LogP contribution in [0.15, 0.2) is 0 Å². The van der Waals surface area contributed by atoms with Gasteiger partial charge in [-0.05, 0) is 62.2 Å². The summed E-state index contributed by atoms with van der Waals surface area (Å²) in [5.74, 6) is 1.92. The van der Waals surface area contributed by atoms with Gasteiger partial charge in [-0.1, -0.05) is 20.3 Å². The van der Waals surface area contributed by atoms with Crippen LogP contribution >= 0.6 is 0 Å². The number of amides is 1. The largest absolute Gasteiger partial charge is 0.352 e. The fourth-order valence-corrected chi connectivity index (χ4v) is 5.92. The molecule has 0 aromatic heterocycles. The average molecular weight is 278 g/mol. The first-order valence-corrected chi connectivity index (χ1v) is 8.50. The molecule has 3 unspecified atom stereocenters. The Morgan fingerprint density at radius 3 is 2.45 bits per heavy atom. The zero-order chi connectivity index (χ0) is 14.4. The van der Waals surface area contributed by atoms with Gasteiger partial charge >= 0.3 is 0 Å². The zero-order valence-electron chi connectivity index (χ0n) is 13.1. The predicted octanol–water partition coefficient (Wildman–Crippen LogP) is 2.84. The van der Waals surface area contributed by atoms with E-state index in [-0.39, 0.29) is 11.5 Å². The molecule has 4 rings (SSSR count). The highest BCUT2D eigenvalue weighted by Crippen LogP contribution is 2.65. The Kier molecular flexibility index (Phi) is 3.60. The van der Waals surface area contributed by atoms with Gasteiger partial charge in [-0.3, -0.25) is 4.79 Å². The van der Waals surface area contributed by atoms with Gasteiger partial charge in [-0.2, -0.15) is 0 Å². The van der Waals surface area contributed by atoms with Crippen molar-refractivity contribution in [2.24, 2.45) is 28.4 Å². The summed E-state index contributed by atoms with van der Waals surface area (Å²) in [5.41, 5.74) is 6.19. The van der Waals surface area contributed by atoms with Crippen molar-refractivity contribution in [1.29, 1.82) is 0 Å². The molecule has 0 radical (unpaired) electrons. The highest BCUT2D eigenvalue weighted by Gasteiger charge is 2.58. The summed E-state index contributed by atoms with van der Waals surface area (Å²) < 4.78 is 0. The van der Waals surface area contributed by atoms with Gasteiger partial charge in [0.1, 0.15) is 0 Å². The highest BCUT2D eigenvalue weighted by atomic mass is 16.2. The third-order valence-corrected chi connectivity index (χ3v) is 6.09. The first kappa shape index (κ1) is 14.4. The summed E-state index contributed by atoms with van der Waals surface area (Å²) >= 11 is 0. The predicted molar refractivity (Wildman–Crippen MR) is 81.1 cm³/mol. The molecule has 0 aromatic carbocycles. The Morgan fingerprint density at radius 1 is 1.30 bits per heavy atom. The minimum absolute atomic E-state index is 0.0556. The van der Waals surface area contributed by atoms with Crippen molar-refractivity contribution in [3.05, 3.63) is 0 Å². The lowest BCUT2D eigenvalue weighted by Gasteiger charge is -2.60. The Morgan fingerprint density at radius 2 is 1.95 bits per heavy atom. The molecule has 114 valence electrons. The molecule has 3 heteroatoms. The van der Waals surface area contributed by atoms with Gasteiger partial charge in [0.05, 0.1) is 5.41 Å². The maximum atomic E-state index is 12.9. The highest BCUT2D eigenvalue weighted by molar-refractivity contribution is 5.83. The minimum atomic E-state index is -0.0556. The van der Waals surface area contributed by atoms with Crippen molar-refractivity contribution in [3.63, 3.8) is 0 Å². The molecule has 0 heterocycles. The number of rotatable bonds is 5. The van der Waals surface area contributed by atoms with Crippen LogP contribution in [0, 0.1) is 22.7 Å². The Bertz CT molecular complexity index is 378. The lowest BCUT2D eigenvalue weighted by Crippen LogP contribution is -2.58. The molecule has 0 saturated heterocycles. The zero-order valence-corrected chi connectivity index (χ0v) is 13.1. The monoisotopic (exact) mass is 278 g/mol. The van der Waals surface area contributed by atoms with E-state index in [1.54, 1.807) is 0 Å². The molecule has 4 fully saturated rings. The Balaban J connectivity index is 1.74. The molecular weight excluding hydrogens is 248 g/mol. The molecule has 3 nitrogen and oxygen atoms in total. The Labute approximate surface area is 123 Å². The van der Waals surface area contributed by atoms with Crippen molar-refractivity contribution in [2.75, 3.05) is 6.54 Å². The van der Waals surface area contributed by atoms with Gasteiger partial charge in [0.15, 0.2) is 0 Å². The van der Waals surface area contributed by atoms with E-state index in [2.05, 4.69) is 19.2 Å². The summed E-state index contributed by atoms with van der Waals surface area (Å²) in [5, 5.41) is 3.28. The smallest absolute Gasteiger partial charge is 0.226 e. The average Bonchev–Trinajstić information content (AvgIpc) is 2.35. The number of nitrogens with two attached hydrogens (primary N) is 1. The Hall–Kier alpha value is -0.570. The van der Waals surface area contributed by atoms with E-state index in [1.165, 1.54) is 19.3 Å². The van der Waals surface area contributed by atoms with E-state index >= 15 is 0 Å². The number of nitrogens with one attached hydrogen (secondary N) is 1. The van der Waals surface area contributed by atoms with Gasteiger partial charge < -0.3 is 11.1 Å². The van der Waals surface area contributed by atoms with E-state index in [0.717, 1.165) is 43.9 Å². The van der Waals surface area contributed by atoms with Crippen molar-refractivity contribution < 1.29 is 4.79 Å². The van der Waals surface area contributed by atoms with Crippen LogP contribution in [0.1, 0.15) is 65.2 Å². The molecule has 4 bridgehead atoms. The molecule has 1 amide bonds. The second-order valence-corrected chi connectivity index (χ2v) is 8.25.